The molecule has 1 heterocycles. The summed E-state index contributed by atoms with van der Waals surface area (Å²) < 4.78 is 1.58. The lowest BCUT2D eigenvalue weighted by atomic mass is 10.0. The highest BCUT2D eigenvalue weighted by atomic mass is 32.2. The van der Waals surface area contributed by atoms with Gasteiger partial charge in [0.05, 0.1) is 10.9 Å². The number of aryl methyl sites for hydroxylation is 2. The SMILES string of the molecule is Cc1ccc(C(=O)[C@H](Sc2nc3ccccc3c(=O)n2CCCO)c2ccc(C)cc2)cc1. The Kier molecular flexibility index (Phi) is 7.06. The van der Waals surface area contributed by atoms with Crippen molar-refractivity contribution in [2.24, 2.45) is 0 Å². The molecule has 0 spiro atoms. The average molecular weight is 459 g/mol. The predicted molar refractivity (Wildman–Crippen MR) is 133 cm³/mol. The number of hydrogen-bond acceptors (Lipinski definition) is 5. The number of carbonyl (C=O) groups is 1. The summed E-state index contributed by atoms with van der Waals surface area (Å²) in [5.74, 6) is -0.0417. The second kappa shape index (κ2) is 10.1. The first-order chi connectivity index (χ1) is 16.0. The van der Waals surface area contributed by atoms with Crippen molar-refractivity contribution < 1.29 is 9.90 Å². The van der Waals surface area contributed by atoms with E-state index in [1.54, 1.807) is 16.7 Å². The van der Waals surface area contributed by atoms with Gasteiger partial charge in [-0.2, -0.15) is 0 Å². The number of Topliss-reactive ketones (excluding diaryl/α,β-unsaturated/α-hetero) is 1. The van der Waals surface area contributed by atoms with E-state index in [0.29, 0.717) is 34.6 Å². The third-order valence-corrected chi connectivity index (χ3v) is 6.79. The van der Waals surface area contributed by atoms with Crippen molar-refractivity contribution >= 4 is 28.4 Å². The van der Waals surface area contributed by atoms with Crippen molar-refractivity contribution in [1.82, 2.24) is 9.55 Å². The zero-order chi connectivity index (χ0) is 23.4. The summed E-state index contributed by atoms with van der Waals surface area (Å²) in [5.41, 5.74) is 4.09. The van der Waals surface area contributed by atoms with Gasteiger partial charge < -0.3 is 5.11 Å². The van der Waals surface area contributed by atoms with Crippen LogP contribution in [0.25, 0.3) is 10.9 Å². The van der Waals surface area contributed by atoms with Crippen LogP contribution in [-0.4, -0.2) is 27.0 Å². The average Bonchev–Trinajstić information content (AvgIpc) is 2.83. The first-order valence-electron chi connectivity index (χ1n) is 10.9. The third kappa shape index (κ3) is 5.07. The van der Waals surface area contributed by atoms with Crippen molar-refractivity contribution in [2.75, 3.05) is 6.61 Å². The van der Waals surface area contributed by atoms with Crippen LogP contribution in [0.1, 0.15) is 38.7 Å². The first kappa shape index (κ1) is 23.0. The number of aliphatic hydroxyl groups is 1. The van der Waals surface area contributed by atoms with Crippen molar-refractivity contribution in [3.05, 3.63) is 105 Å². The second-order valence-electron chi connectivity index (χ2n) is 8.08. The van der Waals surface area contributed by atoms with Gasteiger partial charge in [0.1, 0.15) is 5.25 Å². The van der Waals surface area contributed by atoms with E-state index in [1.165, 1.54) is 11.8 Å². The van der Waals surface area contributed by atoms with Crippen LogP contribution >= 0.6 is 11.8 Å². The van der Waals surface area contributed by atoms with E-state index in [-0.39, 0.29) is 17.9 Å². The maximum atomic E-state index is 13.6. The van der Waals surface area contributed by atoms with Crippen LogP contribution in [0.5, 0.6) is 0 Å². The zero-order valence-electron chi connectivity index (χ0n) is 18.7. The van der Waals surface area contributed by atoms with Crippen LogP contribution in [0.2, 0.25) is 0 Å². The summed E-state index contributed by atoms with van der Waals surface area (Å²) >= 11 is 1.28. The largest absolute Gasteiger partial charge is 0.396 e. The normalized spacial score (nSPS) is 12.1. The predicted octanol–water partition coefficient (Wildman–Crippen LogP) is 5.11. The number of thioether (sulfide) groups is 1. The number of ketones is 1. The zero-order valence-corrected chi connectivity index (χ0v) is 19.5. The van der Waals surface area contributed by atoms with Crippen LogP contribution in [0, 0.1) is 13.8 Å². The minimum Gasteiger partial charge on any atom is -0.396 e. The molecular formula is C27H26N2O3S. The molecule has 0 saturated heterocycles. The fraction of sp³-hybridized carbons (Fsp3) is 0.222. The van der Waals surface area contributed by atoms with Gasteiger partial charge in [-0.1, -0.05) is 83.6 Å². The fourth-order valence-corrected chi connectivity index (χ4v) is 4.85. The number of benzene rings is 3. The van der Waals surface area contributed by atoms with Gasteiger partial charge in [-0.25, -0.2) is 4.98 Å². The number of fused-ring (bicyclic) bond motifs is 1. The number of aliphatic hydroxyl groups excluding tert-OH is 1. The van der Waals surface area contributed by atoms with Crippen molar-refractivity contribution in [3.63, 3.8) is 0 Å². The molecule has 0 unspecified atom stereocenters. The van der Waals surface area contributed by atoms with Crippen molar-refractivity contribution in [3.8, 4) is 0 Å². The van der Waals surface area contributed by atoms with E-state index >= 15 is 0 Å². The maximum Gasteiger partial charge on any atom is 0.262 e. The molecule has 5 nitrogen and oxygen atoms in total. The van der Waals surface area contributed by atoms with Crippen LogP contribution in [0.4, 0.5) is 0 Å². The van der Waals surface area contributed by atoms with Gasteiger partial charge in [0, 0.05) is 18.7 Å². The highest BCUT2D eigenvalue weighted by Gasteiger charge is 2.26. The van der Waals surface area contributed by atoms with Gasteiger partial charge in [0.25, 0.3) is 5.56 Å². The van der Waals surface area contributed by atoms with Crippen LogP contribution in [-0.2, 0) is 6.54 Å². The lowest BCUT2D eigenvalue weighted by molar-refractivity contribution is 0.0989. The summed E-state index contributed by atoms with van der Waals surface area (Å²) in [5, 5.41) is 9.80. The molecule has 0 amide bonds. The molecule has 168 valence electrons. The number of rotatable bonds is 8. The molecule has 1 aromatic heterocycles. The number of para-hydroxylation sites is 1. The van der Waals surface area contributed by atoms with E-state index in [2.05, 4.69) is 0 Å². The molecule has 1 atom stereocenters. The molecule has 0 aliphatic carbocycles. The van der Waals surface area contributed by atoms with Crippen molar-refractivity contribution in [2.45, 2.75) is 37.2 Å². The van der Waals surface area contributed by atoms with Crippen molar-refractivity contribution in [1.29, 1.82) is 0 Å². The molecule has 0 saturated carbocycles. The molecular weight excluding hydrogens is 432 g/mol. The van der Waals surface area contributed by atoms with Gasteiger partial charge in [0.15, 0.2) is 10.9 Å². The smallest absolute Gasteiger partial charge is 0.262 e. The Balaban J connectivity index is 1.83. The fourth-order valence-electron chi connectivity index (χ4n) is 3.65. The second-order valence-corrected chi connectivity index (χ2v) is 9.16. The van der Waals surface area contributed by atoms with E-state index in [4.69, 9.17) is 4.98 Å². The Bertz CT molecular complexity index is 1330. The van der Waals surface area contributed by atoms with Crippen LogP contribution < -0.4 is 5.56 Å². The number of nitrogens with zero attached hydrogens (tertiary/aromatic N) is 2. The highest BCUT2D eigenvalue weighted by molar-refractivity contribution is 8.00. The quantitative estimate of drug-likeness (QED) is 0.226. The third-order valence-electron chi connectivity index (χ3n) is 5.54. The minimum absolute atomic E-state index is 0.0347. The highest BCUT2D eigenvalue weighted by Crippen LogP contribution is 2.37. The molecule has 0 fully saturated rings. The molecule has 6 heteroatoms. The Labute approximate surface area is 197 Å². The topological polar surface area (TPSA) is 72.2 Å². The minimum atomic E-state index is -0.568. The Morgan fingerprint density at radius 3 is 2.27 bits per heavy atom. The van der Waals surface area contributed by atoms with Gasteiger partial charge >= 0.3 is 0 Å². The molecule has 0 bridgehead atoms. The molecule has 0 aliphatic heterocycles. The Morgan fingerprint density at radius 1 is 0.970 bits per heavy atom. The monoisotopic (exact) mass is 458 g/mol. The molecule has 3 aromatic carbocycles. The Morgan fingerprint density at radius 2 is 1.61 bits per heavy atom. The van der Waals surface area contributed by atoms with Crippen LogP contribution in [0.3, 0.4) is 0 Å². The molecule has 4 aromatic rings. The number of carbonyl (C=O) groups excluding carboxylic acids is 1. The number of hydrogen-bond donors (Lipinski definition) is 1. The summed E-state index contributed by atoms with van der Waals surface area (Å²) in [7, 11) is 0. The molecule has 4 rings (SSSR count). The van der Waals surface area contributed by atoms with Gasteiger partial charge in [-0.3, -0.25) is 14.2 Å². The van der Waals surface area contributed by atoms with Gasteiger partial charge in [0.2, 0.25) is 0 Å². The van der Waals surface area contributed by atoms with E-state index in [9.17, 15) is 14.7 Å². The summed E-state index contributed by atoms with van der Waals surface area (Å²) in [4.78, 5) is 31.6. The van der Waals surface area contributed by atoms with Gasteiger partial charge in [-0.05, 0) is 38.0 Å². The Hall–Kier alpha value is -3.22. The van der Waals surface area contributed by atoms with Gasteiger partial charge in [-0.15, -0.1) is 0 Å². The standard InChI is InChI=1S/C27H26N2O3S/c1-18-8-12-20(13-9-18)24(31)25(21-14-10-19(2)11-15-21)33-27-28-23-7-4-3-6-22(23)26(32)29(27)16-5-17-30/h3-4,6-15,25,30H,5,16-17H2,1-2H3/t25-/m1/s1. The van der Waals surface area contributed by atoms with E-state index < -0.39 is 5.25 Å². The summed E-state index contributed by atoms with van der Waals surface area (Å²) in [6.45, 7) is 4.28. The summed E-state index contributed by atoms with van der Waals surface area (Å²) in [6.07, 6.45) is 0.425. The molecule has 0 radical (unpaired) electrons. The molecule has 1 N–H and O–H groups in total. The lowest BCUT2D eigenvalue weighted by Crippen LogP contribution is -2.25. The first-order valence-corrected chi connectivity index (χ1v) is 11.8. The maximum absolute atomic E-state index is 13.6. The van der Waals surface area contributed by atoms with E-state index in [1.807, 2.05) is 74.5 Å². The van der Waals surface area contributed by atoms with E-state index in [0.717, 1.165) is 16.7 Å². The molecule has 33 heavy (non-hydrogen) atoms. The number of aromatic nitrogens is 2. The lowest BCUT2D eigenvalue weighted by Gasteiger charge is -2.19. The van der Waals surface area contributed by atoms with Crippen LogP contribution in [0.15, 0.2) is 82.7 Å². The summed E-state index contributed by atoms with van der Waals surface area (Å²) in [6, 6.07) is 22.6. The molecule has 0 aliphatic rings.